The molecule has 1 atom stereocenters. The second kappa shape index (κ2) is 5.64. The maximum atomic E-state index is 9.31. The fourth-order valence-corrected chi connectivity index (χ4v) is 2.45. The molecule has 1 unspecified atom stereocenters. The summed E-state index contributed by atoms with van der Waals surface area (Å²) in [5.74, 6) is 0.707. The van der Waals surface area contributed by atoms with Crippen LogP contribution in [0.4, 0.5) is 0 Å². The highest BCUT2D eigenvalue weighted by molar-refractivity contribution is 7.98. The van der Waals surface area contributed by atoms with E-state index in [1.165, 1.54) is 0 Å². The monoisotopic (exact) mass is 246 g/mol. The molecule has 0 amide bonds. The van der Waals surface area contributed by atoms with E-state index in [0.717, 1.165) is 10.5 Å². The first-order valence-electron chi connectivity index (χ1n) is 4.67. The van der Waals surface area contributed by atoms with Gasteiger partial charge in [0.2, 0.25) is 0 Å². The molecule has 0 aromatic heterocycles. The van der Waals surface area contributed by atoms with Crippen molar-refractivity contribution in [3.63, 3.8) is 0 Å². The van der Waals surface area contributed by atoms with Gasteiger partial charge in [0.25, 0.3) is 0 Å². The molecular weight excluding hydrogens is 232 g/mol. The van der Waals surface area contributed by atoms with Gasteiger partial charge in [-0.05, 0) is 37.3 Å². The molecule has 0 aliphatic carbocycles. The minimum atomic E-state index is -0.357. The number of aliphatic hydroxyl groups excluding tert-OH is 1. The summed E-state index contributed by atoms with van der Waals surface area (Å²) in [4.78, 5) is 1.00. The standard InChI is InChI=1S/C11H15ClO2S/c1-7(13)4-8-5-9(12)11(14-2)10(6-8)15-3/h5-7,13H,4H2,1-3H3. The number of thioether (sulfide) groups is 1. The first-order chi connectivity index (χ1) is 7.08. The van der Waals surface area contributed by atoms with Crippen LogP contribution in [0.5, 0.6) is 5.75 Å². The number of hydrogen-bond donors (Lipinski definition) is 1. The molecule has 0 spiro atoms. The fourth-order valence-electron chi connectivity index (χ4n) is 1.43. The number of ether oxygens (including phenoxy) is 1. The van der Waals surface area contributed by atoms with Gasteiger partial charge in [-0.15, -0.1) is 11.8 Å². The summed E-state index contributed by atoms with van der Waals surface area (Å²) in [7, 11) is 1.61. The number of methoxy groups -OCH3 is 1. The van der Waals surface area contributed by atoms with Crippen molar-refractivity contribution < 1.29 is 9.84 Å². The van der Waals surface area contributed by atoms with Crippen molar-refractivity contribution in [3.8, 4) is 5.75 Å². The molecular formula is C11H15ClO2S. The zero-order valence-corrected chi connectivity index (χ0v) is 10.7. The molecule has 0 fully saturated rings. The lowest BCUT2D eigenvalue weighted by Gasteiger charge is -2.12. The van der Waals surface area contributed by atoms with Crippen molar-refractivity contribution in [2.24, 2.45) is 0 Å². The smallest absolute Gasteiger partial charge is 0.150 e. The average Bonchev–Trinajstić information content (AvgIpc) is 2.15. The van der Waals surface area contributed by atoms with Crippen molar-refractivity contribution >= 4 is 23.4 Å². The summed E-state index contributed by atoms with van der Waals surface area (Å²) in [5, 5.41) is 9.90. The number of halogens is 1. The summed E-state index contributed by atoms with van der Waals surface area (Å²) < 4.78 is 5.21. The minimum absolute atomic E-state index is 0.357. The Morgan fingerprint density at radius 3 is 2.67 bits per heavy atom. The van der Waals surface area contributed by atoms with E-state index in [-0.39, 0.29) is 6.10 Å². The maximum Gasteiger partial charge on any atom is 0.150 e. The van der Waals surface area contributed by atoms with Crippen LogP contribution < -0.4 is 4.74 Å². The molecule has 0 aliphatic heterocycles. The Morgan fingerprint density at radius 1 is 1.53 bits per heavy atom. The highest BCUT2D eigenvalue weighted by atomic mass is 35.5. The highest BCUT2D eigenvalue weighted by Gasteiger charge is 2.10. The van der Waals surface area contributed by atoms with Crippen LogP contribution in [0.3, 0.4) is 0 Å². The Bertz CT molecular complexity index is 340. The molecule has 0 saturated carbocycles. The van der Waals surface area contributed by atoms with Gasteiger partial charge in [0.05, 0.1) is 23.1 Å². The van der Waals surface area contributed by atoms with Gasteiger partial charge in [0.15, 0.2) is 5.75 Å². The second-order valence-electron chi connectivity index (χ2n) is 3.37. The predicted molar refractivity (Wildman–Crippen MR) is 65.2 cm³/mol. The van der Waals surface area contributed by atoms with Gasteiger partial charge in [0.1, 0.15) is 0 Å². The normalized spacial score (nSPS) is 12.6. The SMILES string of the molecule is COc1c(Cl)cc(CC(C)O)cc1SC. The van der Waals surface area contributed by atoms with Crippen molar-refractivity contribution in [2.45, 2.75) is 24.3 Å². The Kier molecular flexibility index (Phi) is 4.77. The van der Waals surface area contributed by atoms with Crippen LogP contribution in [0.25, 0.3) is 0 Å². The van der Waals surface area contributed by atoms with E-state index in [9.17, 15) is 5.11 Å². The van der Waals surface area contributed by atoms with Crippen molar-refractivity contribution in [3.05, 3.63) is 22.7 Å². The Morgan fingerprint density at radius 2 is 2.20 bits per heavy atom. The lowest BCUT2D eigenvalue weighted by Crippen LogP contribution is -2.04. The number of hydrogen-bond acceptors (Lipinski definition) is 3. The van der Waals surface area contributed by atoms with E-state index in [1.54, 1.807) is 25.8 Å². The molecule has 0 aliphatic rings. The van der Waals surface area contributed by atoms with Crippen LogP contribution in [-0.4, -0.2) is 24.6 Å². The zero-order chi connectivity index (χ0) is 11.4. The molecule has 2 nitrogen and oxygen atoms in total. The highest BCUT2D eigenvalue weighted by Crippen LogP contribution is 2.36. The Hall–Kier alpha value is -0.380. The summed E-state index contributed by atoms with van der Waals surface area (Å²) in [5.41, 5.74) is 1.03. The van der Waals surface area contributed by atoms with Gasteiger partial charge in [-0.1, -0.05) is 11.6 Å². The van der Waals surface area contributed by atoms with Crippen LogP contribution in [0.1, 0.15) is 12.5 Å². The summed E-state index contributed by atoms with van der Waals surface area (Å²) >= 11 is 7.66. The lowest BCUT2D eigenvalue weighted by molar-refractivity contribution is 0.195. The van der Waals surface area contributed by atoms with Gasteiger partial charge in [0, 0.05) is 0 Å². The van der Waals surface area contributed by atoms with Crippen molar-refractivity contribution in [1.82, 2.24) is 0 Å². The van der Waals surface area contributed by atoms with E-state index >= 15 is 0 Å². The topological polar surface area (TPSA) is 29.5 Å². The Labute approximate surface area is 99.6 Å². The third kappa shape index (κ3) is 3.30. The van der Waals surface area contributed by atoms with Crippen molar-refractivity contribution in [1.29, 1.82) is 0 Å². The Balaban J connectivity index is 3.08. The molecule has 15 heavy (non-hydrogen) atoms. The van der Waals surface area contributed by atoms with Crippen LogP contribution in [0, 0.1) is 0 Å². The molecule has 0 bridgehead atoms. The largest absolute Gasteiger partial charge is 0.494 e. The van der Waals surface area contributed by atoms with E-state index in [1.807, 2.05) is 18.4 Å². The molecule has 1 aromatic rings. The number of aliphatic hydroxyl groups is 1. The third-order valence-electron chi connectivity index (χ3n) is 2.02. The molecule has 1 rings (SSSR count). The van der Waals surface area contributed by atoms with E-state index in [2.05, 4.69) is 0 Å². The molecule has 1 aromatic carbocycles. The van der Waals surface area contributed by atoms with Gasteiger partial charge in [-0.25, -0.2) is 0 Å². The summed E-state index contributed by atoms with van der Waals surface area (Å²) in [6.07, 6.45) is 2.22. The van der Waals surface area contributed by atoms with Gasteiger partial charge in [-0.2, -0.15) is 0 Å². The van der Waals surface area contributed by atoms with Gasteiger partial charge < -0.3 is 9.84 Å². The second-order valence-corrected chi connectivity index (χ2v) is 4.62. The lowest BCUT2D eigenvalue weighted by atomic mass is 10.1. The van der Waals surface area contributed by atoms with E-state index < -0.39 is 0 Å². The molecule has 0 radical (unpaired) electrons. The van der Waals surface area contributed by atoms with E-state index in [4.69, 9.17) is 16.3 Å². The summed E-state index contributed by atoms with van der Waals surface area (Å²) in [6.45, 7) is 1.76. The van der Waals surface area contributed by atoms with Crippen LogP contribution in [-0.2, 0) is 6.42 Å². The number of rotatable bonds is 4. The molecule has 0 saturated heterocycles. The molecule has 84 valence electrons. The van der Waals surface area contributed by atoms with Gasteiger partial charge >= 0.3 is 0 Å². The molecule has 4 heteroatoms. The fraction of sp³-hybridized carbons (Fsp3) is 0.455. The quantitative estimate of drug-likeness (QED) is 0.829. The average molecular weight is 247 g/mol. The van der Waals surface area contributed by atoms with Crippen LogP contribution >= 0.6 is 23.4 Å². The molecule has 1 N–H and O–H groups in total. The first kappa shape index (κ1) is 12.7. The number of benzene rings is 1. The van der Waals surface area contributed by atoms with Crippen molar-refractivity contribution in [2.75, 3.05) is 13.4 Å². The predicted octanol–water partition coefficient (Wildman–Crippen LogP) is 2.99. The van der Waals surface area contributed by atoms with E-state index in [0.29, 0.717) is 17.2 Å². The van der Waals surface area contributed by atoms with Crippen LogP contribution in [0.2, 0.25) is 5.02 Å². The minimum Gasteiger partial charge on any atom is -0.494 e. The zero-order valence-electron chi connectivity index (χ0n) is 9.08. The first-order valence-corrected chi connectivity index (χ1v) is 6.27. The summed E-state index contributed by atoms with van der Waals surface area (Å²) in [6, 6.07) is 3.84. The van der Waals surface area contributed by atoms with Gasteiger partial charge in [-0.3, -0.25) is 0 Å². The third-order valence-corrected chi connectivity index (χ3v) is 3.05. The van der Waals surface area contributed by atoms with Crippen LogP contribution in [0.15, 0.2) is 17.0 Å². The maximum absolute atomic E-state index is 9.31. The molecule has 0 heterocycles.